The van der Waals surface area contributed by atoms with Crippen LogP contribution < -0.4 is 11.1 Å². The molecule has 100 valence electrons. The molecular weight excluding hydrogens is 240 g/mol. The van der Waals surface area contributed by atoms with E-state index < -0.39 is 0 Å². The van der Waals surface area contributed by atoms with Gasteiger partial charge in [-0.1, -0.05) is 6.07 Å². The quantitative estimate of drug-likeness (QED) is 0.807. The van der Waals surface area contributed by atoms with E-state index in [4.69, 9.17) is 5.73 Å². The Balaban J connectivity index is 1.77. The SMILES string of the molecule is Cc1ccnn1CCCC(=O)Nc1cccc(N)c1. The van der Waals surface area contributed by atoms with Gasteiger partial charge in [0.1, 0.15) is 0 Å². The third-order valence-electron chi connectivity index (χ3n) is 2.87. The Kier molecular flexibility index (Phi) is 4.18. The fourth-order valence-corrected chi connectivity index (χ4v) is 1.86. The molecule has 0 aliphatic heterocycles. The molecule has 1 heterocycles. The van der Waals surface area contributed by atoms with Gasteiger partial charge < -0.3 is 11.1 Å². The van der Waals surface area contributed by atoms with Crippen molar-refractivity contribution in [2.45, 2.75) is 26.3 Å². The topological polar surface area (TPSA) is 72.9 Å². The predicted octanol–water partition coefficient (Wildman–Crippen LogP) is 2.19. The van der Waals surface area contributed by atoms with Crippen molar-refractivity contribution in [3.63, 3.8) is 0 Å². The van der Waals surface area contributed by atoms with E-state index in [0.29, 0.717) is 12.1 Å². The van der Waals surface area contributed by atoms with Gasteiger partial charge in [-0.3, -0.25) is 9.48 Å². The molecular formula is C14H18N4O. The van der Waals surface area contributed by atoms with E-state index in [1.165, 1.54) is 0 Å². The van der Waals surface area contributed by atoms with Gasteiger partial charge in [0.05, 0.1) is 0 Å². The molecule has 0 spiro atoms. The van der Waals surface area contributed by atoms with Crippen LogP contribution in [0, 0.1) is 6.92 Å². The highest BCUT2D eigenvalue weighted by molar-refractivity contribution is 5.91. The Labute approximate surface area is 112 Å². The van der Waals surface area contributed by atoms with Gasteiger partial charge in [-0.25, -0.2) is 0 Å². The van der Waals surface area contributed by atoms with Gasteiger partial charge in [-0.05, 0) is 37.6 Å². The highest BCUT2D eigenvalue weighted by atomic mass is 16.1. The van der Waals surface area contributed by atoms with Crippen LogP contribution in [0.25, 0.3) is 0 Å². The van der Waals surface area contributed by atoms with Crippen molar-refractivity contribution in [3.8, 4) is 0 Å². The van der Waals surface area contributed by atoms with Crippen LogP contribution in [0.4, 0.5) is 11.4 Å². The molecule has 0 unspecified atom stereocenters. The number of anilines is 2. The number of aromatic nitrogens is 2. The lowest BCUT2D eigenvalue weighted by molar-refractivity contribution is -0.116. The van der Waals surface area contributed by atoms with Crippen molar-refractivity contribution in [3.05, 3.63) is 42.2 Å². The molecule has 0 atom stereocenters. The largest absolute Gasteiger partial charge is 0.399 e. The van der Waals surface area contributed by atoms with Crippen LogP contribution in [-0.4, -0.2) is 15.7 Å². The second-order valence-corrected chi connectivity index (χ2v) is 4.47. The molecule has 0 saturated carbocycles. The van der Waals surface area contributed by atoms with E-state index in [2.05, 4.69) is 10.4 Å². The summed E-state index contributed by atoms with van der Waals surface area (Å²) in [6.45, 7) is 2.75. The summed E-state index contributed by atoms with van der Waals surface area (Å²) in [7, 11) is 0. The van der Waals surface area contributed by atoms with Crippen molar-refractivity contribution in [1.29, 1.82) is 0 Å². The standard InChI is InChI=1S/C14H18N4O/c1-11-7-8-16-18(11)9-3-6-14(19)17-13-5-2-4-12(15)10-13/h2,4-5,7-8,10H,3,6,9,15H2,1H3,(H,17,19). The highest BCUT2D eigenvalue weighted by Crippen LogP contribution is 2.12. The first-order valence-electron chi connectivity index (χ1n) is 6.29. The number of hydrogen-bond acceptors (Lipinski definition) is 3. The Morgan fingerprint density at radius 3 is 2.95 bits per heavy atom. The number of rotatable bonds is 5. The number of amides is 1. The molecule has 0 aliphatic rings. The van der Waals surface area contributed by atoms with Crippen LogP contribution in [0.1, 0.15) is 18.5 Å². The summed E-state index contributed by atoms with van der Waals surface area (Å²) in [5.41, 5.74) is 8.14. The molecule has 19 heavy (non-hydrogen) atoms. The smallest absolute Gasteiger partial charge is 0.224 e. The first kappa shape index (κ1) is 13.1. The summed E-state index contributed by atoms with van der Waals surface area (Å²) < 4.78 is 1.90. The maximum Gasteiger partial charge on any atom is 0.224 e. The number of carbonyl (C=O) groups excluding carboxylic acids is 1. The summed E-state index contributed by atoms with van der Waals surface area (Å²) in [5.74, 6) is -0.00425. The fraction of sp³-hybridized carbons (Fsp3) is 0.286. The van der Waals surface area contributed by atoms with Gasteiger partial charge in [0.2, 0.25) is 5.91 Å². The molecule has 5 nitrogen and oxygen atoms in total. The van der Waals surface area contributed by atoms with Crippen LogP contribution in [0.2, 0.25) is 0 Å². The summed E-state index contributed by atoms with van der Waals surface area (Å²) in [6.07, 6.45) is 2.99. The van der Waals surface area contributed by atoms with Crippen LogP contribution in [0.15, 0.2) is 36.5 Å². The zero-order valence-corrected chi connectivity index (χ0v) is 11.0. The van der Waals surface area contributed by atoms with Crippen LogP contribution >= 0.6 is 0 Å². The predicted molar refractivity (Wildman–Crippen MR) is 75.7 cm³/mol. The fourth-order valence-electron chi connectivity index (χ4n) is 1.86. The second-order valence-electron chi connectivity index (χ2n) is 4.47. The van der Waals surface area contributed by atoms with Crippen molar-refractivity contribution >= 4 is 17.3 Å². The zero-order chi connectivity index (χ0) is 13.7. The number of nitrogen functional groups attached to an aromatic ring is 1. The normalized spacial score (nSPS) is 10.4. The number of nitrogens with zero attached hydrogens (tertiary/aromatic N) is 2. The molecule has 0 fully saturated rings. The average Bonchev–Trinajstić information content (AvgIpc) is 2.75. The van der Waals surface area contributed by atoms with Crippen molar-refractivity contribution in [2.24, 2.45) is 0 Å². The van der Waals surface area contributed by atoms with Crippen LogP contribution in [0.5, 0.6) is 0 Å². The number of benzene rings is 1. The van der Waals surface area contributed by atoms with Gasteiger partial charge in [-0.2, -0.15) is 5.10 Å². The minimum absolute atomic E-state index is 0.00425. The molecule has 0 radical (unpaired) electrons. The molecule has 2 rings (SSSR count). The molecule has 1 aromatic carbocycles. The van der Waals surface area contributed by atoms with Gasteiger partial charge in [0.25, 0.3) is 0 Å². The van der Waals surface area contributed by atoms with Gasteiger partial charge in [0.15, 0.2) is 0 Å². The van der Waals surface area contributed by atoms with E-state index in [9.17, 15) is 4.79 Å². The Morgan fingerprint density at radius 1 is 1.42 bits per heavy atom. The summed E-state index contributed by atoms with van der Waals surface area (Å²) in [5, 5.41) is 7.01. The van der Waals surface area contributed by atoms with Crippen LogP contribution in [-0.2, 0) is 11.3 Å². The lowest BCUT2D eigenvalue weighted by atomic mass is 10.2. The summed E-state index contributed by atoms with van der Waals surface area (Å²) in [4.78, 5) is 11.8. The second kappa shape index (κ2) is 6.04. The van der Waals surface area contributed by atoms with E-state index in [1.807, 2.05) is 29.8 Å². The lowest BCUT2D eigenvalue weighted by Gasteiger charge is -2.07. The van der Waals surface area contributed by atoms with Crippen molar-refractivity contribution < 1.29 is 4.79 Å². The monoisotopic (exact) mass is 258 g/mol. The van der Waals surface area contributed by atoms with E-state index in [0.717, 1.165) is 24.3 Å². The average molecular weight is 258 g/mol. The first-order valence-corrected chi connectivity index (χ1v) is 6.29. The number of nitrogens with two attached hydrogens (primary N) is 1. The van der Waals surface area contributed by atoms with Crippen molar-refractivity contribution in [1.82, 2.24) is 9.78 Å². The number of nitrogens with one attached hydrogen (secondary N) is 1. The molecule has 0 aliphatic carbocycles. The molecule has 1 amide bonds. The maximum atomic E-state index is 11.8. The Hall–Kier alpha value is -2.30. The van der Waals surface area contributed by atoms with E-state index in [-0.39, 0.29) is 5.91 Å². The van der Waals surface area contributed by atoms with Crippen molar-refractivity contribution in [2.75, 3.05) is 11.1 Å². The van der Waals surface area contributed by atoms with Crippen LogP contribution in [0.3, 0.4) is 0 Å². The third-order valence-corrected chi connectivity index (χ3v) is 2.87. The van der Waals surface area contributed by atoms with Gasteiger partial charge in [0, 0.05) is 36.2 Å². The molecule has 0 saturated heterocycles. The first-order chi connectivity index (χ1) is 9.15. The minimum atomic E-state index is -0.00425. The van der Waals surface area contributed by atoms with Gasteiger partial charge in [-0.15, -0.1) is 0 Å². The molecule has 5 heteroatoms. The zero-order valence-electron chi connectivity index (χ0n) is 11.0. The molecule has 3 N–H and O–H groups in total. The minimum Gasteiger partial charge on any atom is -0.399 e. The maximum absolute atomic E-state index is 11.8. The lowest BCUT2D eigenvalue weighted by Crippen LogP contribution is -2.13. The van der Waals surface area contributed by atoms with E-state index in [1.54, 1.807) is 18.3 Å². The van der Waals surface area contributed by atoms with Gasteiger partial charge >= 0.3 is 0 Å². The number of aryl methyl sites for hydroxylation is 2. The molecule has 0 bridgehead atoms. The third kappa shape index (κ3) is 3.84. The molecule has 1 aromatic heterocycles. The van der Waals surface area contributed by atoms with E-state index >= 15 is 0 Å². The Bertz CT molecular complexity index is 562. The summed E-state index contributed by atoms with van der Waals surface area (Å²) >= 11 is 0. The highest BCUT2D eigenvalue weighted by Gasteiger charge is 2.03. The molecule has 2 aromatic rings. The summed E-state index contributed by atoms with van der Waals surface area (Å²) in [6, 6.07) is 9.13. The number of hydrogen-bond donors (Lipinski definition) is 2. The Morgan fingerprint density at radius 2 is 2.26 bits per heavy atom. The number of carbonyl (C=O) groups is 1.